The predicted octanol–water partition coefficient (Wildman–Crippen LogP) is 3.74. The van der Waals surface area contributed by atoms with Gasteiger partial charge in [-0.3, -0.25) is 4.90 Å². The van der Waals surface area contributed by atoms with E-state index in [0.717, 1.165) is 39.2 Å². The van der Waals surface area contributed by atoms with E-state index < -0.39 is 0 Å². The molecule has 1 heterocycles. The summed E-state index contributed by atoms with van der Waals surface area (Å²) < 4.78 is 1.96. The van der Waals surface area contributed by atoms with Gasteiger partial charge in [0.05, 0.1) is 7.14 Å². The van der Waals surface area contributed by atoms with Crippen molar-refractivity contribution in [2.45, 2.75) is 31.7 Å². The van der Waals surface area contributed by atoms with Crippen LogP contribution in [0.5, 0.6) is 5.75 Å². The molecule has 1 aromatic carbocycles. The Morgan fingerprint density at radius 1 is 1.10 bits per heavy atom. The van der Waals surface area contributed by atoms with Gasteiger partial charge in [-0.1, -0.05) is 12.8 Å². The van der Waals surface area contributed by atoms with Crippen LogP contribution >= 0.6 is 45.2 Å². The molecule has 0 unspecified atom stereocenters. The van der Waals surface area contributed by atoms with Crippen LogP contribution in [0.2, 0.25) is 0 Å². The van der Waals surface area contributed by atoms with E-state index in [1.807, 2.05) is 0 Å². The molecule has 0 radical (unpaired) electrons. The number of hydrogen-bond donors (Lipinski definition) is 2. The molecule has 2 fully saturated rings. The number of phenolic OH excluding ortho intramolecular Hbond substituents is 1. The molecule has 0 spiro atoms. The molecule has 5 heteroatoms. The quantitative estimate of drug-likeness (QED) is 0.607. The Labute approximate surface area is 154 Å². The van der Waals surface area contributed by atoms with Crippen LogP contribution in [0.25, 0.3) is 0 Å². The second-order valence-corrected chi connectivity index (χ2v) is 8.43. The van der Waals surface area contributed by atoms with Crippen LogP contribution in [0, 0.1) is 13.1 Å². The molecule has 1 atom stereocenters. The molecule has 0 bridgehead atoms. The van der Waals surface area contributed by atoms with Crippen LogP contribution in [0.4, 0.5) is 0 Å². The average molecular weight is 512 g/mol. The van der Waals surface area contributed by atoms with Gasteiger partial charge in [0.2, 0.25) is 0 Å². The normalized spacial score (nSPS) is 22.6. The number of halogens is 2. The Balaban J connectivity index is 1.93. The third-order valence-electron chi connectivity index (χ3n) is 4.77. The van der Waals surface area contributed by atoms with Crippen LogP contribution in [0.15, 0.2) is 12.1 Å². The standard InChI is InChI=1S/C16H22I2N2O/c17-13-9-12(10-14(18)16(13)21)15(11-3-1-2-4-11)20-7-5-19-6-8-20/h9-11,15,19,21H,1-8H2/t15-/m0/s1. The maximum Gasteiger partial charge on any atom is 0.142 e. The molecule has 1 saturated carbocycles. The van der Waals surface area contributed by atoms with Crippen LogP contribution in [-0.2, 0) is 0 Å². The lowest BCUT2D eigenvalue weighted by Crippen LogP contribution is -2.46. The highest BCUT2D eigenvalue weighted by molar-refractivity contribution is 14.1. The van der Waals surface area contributed by atoms with Crippen LogP contribution < -0.4 is 5.32 Å². The number of rotatable bonds is 3. The van der Waals surface area contributed by atoms with Gasteiger partial charge in [0, 0.05) is 32.2 Å². The number of phenols is 1. The van der Waals surface area contributed by atoms with Gasteiger partial charge in [-0.15, -0.1) is 0 Å². The topological polar surface area (TPSA) is 35.5 Å². The lowest BCUT2D eigenvalue weighted by molar-refractivity contribution is 0.125. The fourth-order valence-electron chi connectivity index (χ4n) is 3.77. The molecule has 1 saturated heterocycles. The van der Waals surface area contributed by atoms with E-state index in [-0.39, 0.29) is 0 Å². The monoisotopic (exact) mass is 512 g/mol. The third-order valence-corrected chi connectivity index (χ3v) is 6.42. The maximum absolute atomic E-state index is 10.0. The summed E-state index contributed by atoms with van der Waals surface area (Å²) in [6, 6.07) is 4.92. The smallest absolute Gasteiger partial charge is 0.142 e. The van der Waals surface area contributed by atoms with Gasteiger partial charge in [-0.2, -0.15) is 0 Å². The van der Waals surface area contributed by atoms with E-state index in [1.165, 1.54) is 31.2 Å². The van der Waals surface area contributed by atoms with Crippen LogP contribution in [0.1, 0.15) is 37.3 Å². The van der Waals surface area contributed by atoms with Crippen molar-refractivity contribution in [3.63, 3.8) is 0 Å². The lowest BCUT2D eigenvalue weighted by Gasteiger charge is -2.39. The van der Waals surface area contributed by atoms with Gasteiger partial charge in [0.15, 0.2) is 0 Å². The third kappa shape index (κ3) is 3.67. The number of hydrogen-bond acceptors (Lipinski definition) is 3. The van der Waals surface area contributed by atoms with E-state index in [0.29, 0.717) is 11.8 Å². The average Bonchev–Trinajstić information content (AvgIpc) is 3.00. The van der Waals surface area contributed by atoms with Gasteiger partial charge >= 0.3 is 0 Å². The van der Waals surface area contributed by atoms with E-state index in [1.54, 1.807) is 0 Å². The highest BCUT2D eigenvalue weighted by atomic mass is 127. The van der Waals surface area contributed by atoms with Crippen LogP contribution in [-0.4, -0.2) is 36.2 Å². The second-order valence-electron chi connectivity index (χ2n) is 6.11. The molecule has 3 rings (SSSR count). The predicted molar refractivity (Wildman–Crippen MR) is 103 cm³/mol. The minimum atomic E-state index is 0.436. The van der Waals surface area contributed by atoms with Crippen molar-refractivity contribution < 1.29 is 5.11 Å². The summed E-state index contributed by atoms with van der Waals surface area (Å²) in [6.45, 7) is 4.45. The highest BCUT2D eigenvalue weighted by Crippen LogP contribution is 2.41. The zero-order valence-corrected chi connectivity index (χ0v) is 16.4. The van der Waals surface area contributed by atoms with E-state index in [4.69, 9.17) is 0 Å². The molecule has 0 amide bonds. The Bertz CT molecular complexity index is 474. The first kappa shape index (κ1) is 16.3. The van der Waals surface area contributed by atoms with Crippen molar-refractivity contribution in [2.75, 3.05) is 26.2 Å². The number of benzene rings is 1. The van der Waals surface area contributed by atoms with Crippen molar-refractivity contribution in [1.29, 1.82) is 0 Å². The molecular formula is C16H22I2N2O. The summed E-state index contributed by atoms with van der Waals surface area (Å²) >= 11 is 4.51. The SMILES string of the molecule is Oc1c(I)cc([C@H](C2CCCC2)N2CCNCC2)cc1I. The highest BCUT2D eigenvalue weighted by Gasteiger charge is 2.32. The van der Waals surface area contributed by atoms with Gasteiger partial charge in [0.1, 0.15) is 5.75 Å². The summed E-state index contributed by atoms with van der Waals surface area (Å²) in [5.41, 5.74) is 1.40. The first-order valence-electron chi connectivity index (χ1n) is 7.79. The number of nitrogens with zero attached hydrogens (tertiary/aromatic N) is 1. The van der Waals surface area contributed by atoms with Crippen molar-refractivity contribution in [2.24, 2.45) is 5.92 Å². The number of piperazine rings is 1. The zero-order valence-electron chi connectivity index (χ0n) is 12.1. The van der Waals surface area contributed by atoms with E-state index in [9.17, 15) is 5.11 Å². The number of aromatic hydroxyl groups is 1. The Hall–Kier alpha value is 0.400. The van der Waals surface area contributed by atoms with Crippen molar-refractivity contribution >= 4 is 45.2 Å². The molecule has 2 aliphatic rings. The largest absolute Gasteiger partial charge is 0.506 e. The molecule has 1 aliphatic heterocycles. The number of nitrogens with one attached hydrogen (secondary N) is 1. The van der Waals surface area contributed by atoms with Crippen molar-refractivity contribution in [3.8, 4) is 5.75 Å². The first-order valence-corrected chi connectivity index (χ1v) is 9.95. The minimum Gasteiger partial charge on any atom is -0.506 e. The minimum absolute atomic E-state index is 0.436. The summed E-state index contributed by atoms with van der Waals surface area (Å²) in [5.74, 6) is 1.21. The molecule has 1 aliphatic carbocycles. The first-order chi connectivity index (χ1) is 10.2. The summed E-state index contributed by atoms with van der Waals surface area (Å²) in [5, 5.41) is 13.5. The lowest BCUT2D eigenvalue weighted by atomic mass is 9.89. The summed E-state index contributed by atoms with van der Waals surface area (Å²) in [4.78, 5) is 2.66. The van der Waals surface area contributed by atoms with Crippen molar-refractivity contribution in [3.05, 3.63) is 24.8 Å². The molecule has 21 heavy (non-hydrogen) atoms. The molecule has 2 N–H and O–H groups in total. The van der Waals surface area contributed by atoms with E-state index >= 15 is 0 Å². The Morgan fingerprint density at radius 3 is 2.24 bits per heavy atom. The summed E-state index contributed by atoms with van der Waals surface area (Å²) in [7, 11) is 0. The van der Waals surface area contributed by atoms with Crippen LogP contribution in [0.3, 0.4) is 0 Å². The van der Waals surface area contributed by atoms with Gasteiger partial charge in [-0.05, 0) is 81.6 Å². The molecule has 3 nitrogen and oxygen atoms in total. The maximum atomic E-state index is 10.0. The zero-order chi connectivity index (χ0) is 14.8. The second kappa shape index (κ2) is 7.31. The van der Waals surface area contributed by atoms with Crippen molar-refractivity contribution in [1.82, 2.24) is 10.2 Å². The molecular weight excluding hydrogens is 490 g/mol. The Kier molecular flexibility index (Phi) is 5.66. The van der Waals surface area contributed by atoms with Gasteiger partial charge < -0.3 is 10.4 Å². The molecule has 1 aromatic rings. The molecule has 116 valence electrons. The Morgan fingerprint density at radius 2 is 1.67 bits per heavy atom. The van der Waals surface area contributed by atoms with E-state index in [2.05, 4.69) is 67.5 Å². The summed E-state index contributed by atoms with van der Waals surface area (Å²) in [6.07, 6.45) is 5.45. The fourth-order valence-corrected chi connectivity index (χ4v) is 5.59. The van der Waals surface area contributed by atoms with Gasteiger partial charge in [-0.25, -0.2) is 0 Å². The molecule has 0 aromatic heterocycles. The fraction of sp³-hybridized carbons (Fsp3) is 0.625. The van der Waals surface area contributed by atoms with Gasteiger partial charge in [0.25, 0.3) is 0 Å².